The van der Waals surface area contributed by atoms with Crippen LogP contribution in [0, 0.1) is 5.41 Å². The fourth-order valence-electron chi connectivity index (χ4n) is 3.56. The fraction of sp³-hybridized carbons (Fsp3) is 0.455. The minimum Gasteiger partial charge on any atom is -0.497 e. The Morgan fingerprint density at radius 3 is 2.25 bits per heavy atom. The molecule has 0 saturated heterocycles. The molecule has 1 heterocycles. The monoisotopic (exact) mass is 417 g/mol. The summed E-state index contributed by atoms with van der Waals surface area (Å²) < 4.78 is 17.9. The first-order valence-electron chi connectivity index (χ1n) is 9.63. The zero-order valence-corrected chi connectivity index (χ0v) is 20.1. The molecule has 4 nitrogen and oxygen atoms in total. The Kier molecular flexibility index (Phi) is 6.03. The quantitative estimate of drug-likeness (QED) is 0.555. The number of ether oxygens (including phenoxy) is 2. The van der Waals surface area contributed by atoms with Crippen molar-refractivity contribution >= 4 is 32.2 Å². The van der Waals surface area contributed by atoms with Gasteiger partial charge in [0.15, 0.2) is 9.04 Å². The highest BCUT2D eigenvalue weighted by Crippen LogP contribution is 2.55. The van der Waals surface area contributed by atoms with E-state index in [2.05, 4.69) is 70.1 Å². The lowest BCUT2D eigenvalue weighted by atomic mass is 9.84. The molecule has 3 rings (SSSR count). The molecule has 0 fully saturated rings. The Morgan fingerprint density at radius 2 is 1.68 bits per heavy atom. The van der Waals surface area contributed by atoms with Crippen molar-refractivity contribution in [2.24, 2.45) is 5.41 Å². The van der Waals surface area contributed by atoms with Gasteiger partial charge in [0.2, 0.25) is 0 Å². The van der Waals surface area contributed by atoms with E-state index >= 15 is 0 Å². The fourth-order valence-corrected chi connectivity index (χ4v) is 5.99. The molecule has 1 atom stereocenters. The largest absolute Gasteiger partial charge is 0.497 e. The lowest BCUT2D eigenvalue weighted by molar-refractivity contribution is 0.0817. The molecule has 0 radical (unpaired) electrons. The summed E-state index contributed by atoms with van der Waals surface area (Å²) in [5.74, 6) is 1.76. The molecule has 6 heteroatoms. The van der Waals surface area contributed by atoms with E-state index in [1.807, 2.05) is 6.07 Å². The zero-order valence-electron chi connectivity index (χ0n) is 18.1. The lowest BCUT2D eigenvalue weighted by Crippen LogP contribution is -2.28. The van der Waals surface area contributed by atoms with Crippen molar-refractivity contribution in [3.8, 4) is 11.5 Å². The summed E-state index contributed by atoms with van der Waals surface area (Å²) in [6, 6.07) is 10.4. The van der Waals surface area contributed by atoms with Gasteiger partial charge in [-0.15, -0.1) is 0 Å². The molecule has 152 valence electrons. The number of anilines is 2. The van der Waals surface area contributed by atoms with Crippen molar-refractivity contribution in [1.29, 1.82) is 0 Å². The van der Waals surface area contributed by atoms with Gasteiger partial charge in [-0.1, -0.05) is 32.5 Å². The Balaban J connectivity index is 2.21. The molecule has 0 aromatic heterocycles. The molecule has 1 aliphatic heterocycles. The van der Waals surface area contributed by atoms with Crippen molar-refractivity contribution in [2.45, 2.75) is 49.8 Å². The Labute approximate surface area is 174 Å². The highest BCUT2D eigenvalue weighted by Gasteiger charge is 2.36. The van der Waals surface area contributed by atoms with Crippen LogP contribution in [0.4, 0.5) is 11.4 Å². The SMILES string of the molecule is COc1ccc2c(c1)Sc1c(ccc(OC)c1C(O[SiH](C)C)C(C)(C)C)N2C. The Bertz CT molecular complexity index is 864. The topological polar surface area (TPSA) is 30.9 Å². The van der Waals surface area contributed by atoms with Crippen molar-refractivity contribution in [3.63, 3.8) is 0 Å². The maximum atomic E-state index is 6.58. The first kappa shape index (κ1) is 21.1. The zero-order chi connectivity index (χ0) is 20.6. The van der Waals surface area contributed by atoms with E-state index in [-0.39, 0.29) is 11.5 Å². The minimum atomic E-state index is -1.26. The number of rotatable bonds is 5. The number of fused-ring (bicyclic) bond motifs is 2. The van der Waals surface area contributed by atoms with Crippen LogP contribution in [0.3, 0.4) is 0 Å². The maximum absolute atomic E-state index is 6.58. The average Bonchev–Trinajstić information content (AvgIpc) is 2.64. The van der Waals surface area contributed by atoms with Crippen LogP contribution in [0.15, 0.2) is 40.1 Å². The Morgan fingerprint density at radius 1 is 1.00 bits per heavy atom. The molecule has 1 aliphatic rings. The van der Waals surface area contributed by atoms with Crippen LogP contribution in [0.2, 0.25) is 13.1 Å². The van der Waals surface area contributed by atoms with E-state index < -0.39 is 9.04 Å². The summed E-state index contributed by atoms with van der Waals surface area (Å²) in [5, 5.41) is 0. The summed E-state index contributed by atoms with van der Waals surface area (Å²) in [4.78, 5) is 4.63. The van der Waals surface area contributed by atoms with Crippen LogP contribution in [0.5, 0.6) is 11.5 Å². The number of hydrogen-bond acceptors (Lipinski definition) is 5. The molecule has 2 aromatic rings. The summed E-state index contributed by atoms with van der Waals surface area (Å²) in [5.41, 5.74) is 3.47. The number of benzene rings is 2. The maximum Gasteiger partial charge on any atom is 0.171 e. The van der Waals surface area contributed by atoms with Crippen LogP contribution in [-0.2, 0) is 4.43 Å². The second-order valence-electron chi connectivity index (χ2n) is 8.46. The van der Waals surface area contributed by atoms with Crippen LogP contribution in [0.1, 0.15) is 32.4 Å². The molecule has 0 aliphatic carbocycles. The highest BCUT2D eigenvalue weighted by atomic mass is 32.2. The highest BCUT2D eigenvalue weighted by molar-refractivity contribution is 7.99. The standard InChI is InChI=1S/C22H31NO3SSi/c1-22(2,3)21(26-28(7)8)19-17(25-6)12-11-16-20(19)27-18-13-14(24-5)9-10-15(18)23(16)4/h9-13,21,28H,1-8H3. The smallest absolute Gasteiger partial charge is 0.171 e. The summed E-state index contributed by atoms with van der Waals surface area (Å²) in [6.45, 7) is 11.2. The predicted molar refractivity (Wildman–Crippen MR) is 120 cm³/mol. The van der Waals surface area contributed by atoms with E-state index in [0.717, 1.165) is 17.1 Å². The molecular formula is C22H31NO3SSi. The van der Waals surface area contributed by atoms with Crippen molar-refractivity contribution in [1.82, 2.24) is 0 Å². The van der Waals surface area contributed by atoms with Crippen LogP contribution in [0.25, 0.3) is 0 Å². The molecule has 0 spiro atoms. The normalized spacial score (nSPS) is 14.5. The lowest BCUT2D eigenvalue weighted by Gasteiger charge is -2.38. The van der Waals surface area contributed by atoms with Crippen LogP contribution >= 0.6 is 11.8 Å². The van der Waals surface area contributed by atoms with E-state index in [0.29, 0.717) is 0 Å². The molecule has 0 bridgehead atoms. The van der Waals surface area contributed by atoms with Crippen molar-refractivity contribution in [3.05, 3.63) is 35.9 Å². The van der Waals surface area contributed by atoms with Crippen LogP contribution in [-0.4, -0.2) is 30.3 Å². The van der Waals surface area contributed by atoms with Gasteiger partial charge in [0, 0.05) is 22.4 Å². The van der Waals surface area contributed by atoms with Gasteiger partial charge in [-0.25, -0.2) is 0 Å². The summed E-state index contributed by atoms with van der Waals surface area (Å²) >= 11 is 1.78. The minimum absolute atomic E-state index is 0.0304. The van der Waals surface area contributed by atoms with E-state index in [4.69, 9.17) is 13.9 Å². The van der Waals surface area contributed by atoms with Gasteiger partial charge in [-0.2, -0.15) is 0 Å². The second kappa shape index (κ2) is 8.01. The molecule has 2 aromatic carbocycles. The molecule has 1 unspecified atom stereocenters. The predicted octanol–water partition coefficient (Wildman–Crippen LogP) is 6.02. The van der Waals surface area contributed by atoms with Gasteiger partial charge >= 0.3 is 0 Å². The Hall–Kier alpha value is -1.63. The molecule has 0 saturated carbocycles. The van der Waals surface area contributed by atoms with Gasteiger partial charge in [-0.05, 0) is 48.8 Å². The number of hydrogen-bond donors (Lipinski definition) is 0. The number of methoxy groups -OCH3 is 2. The van der Waals surface area contributed by atoms with Crippen molar-refractivity contribution < 1.29 is 13.9 Å². The molecule has 0 N–H and O–H groups in total. The van der Waals surface area contributed by atoms with Gasteiger partial charge in [-0.3, -0.25) is 0 Å². The van der Waals surface area contributed by atoms with E-state index in [9.17, 15) is 0 Å². The summed E-state index contributed by atoms with van der Waals surface area (Å²) in [6.07, 6.45) is -0.0304. The van der Waals surface area contributed by atoms with Gasteiger partial charge in [0.1, 0.15) is 11.5 Å². The van der Waals surface area contributed by atoms with E-state index in [1.54, 1.807) is 26.0 Å². The third kappa shape index (κ3) is 3.91. The molecule has 28 heavy (non-hydrogen) atoms. The van der Waals surface area contributed by atoms with Gasteiger partial charge in [0.05, 0.1) is 31.7 Å². The van der Waals surface area contributed by atoms with E-state index in [1.165, 1.54) is 21.2 Å². The molecular weight excluding hydrogens is 386 g/mol. The first-order chi connectivity index (χ1) is 13.2. The van der Waals surface area contributed by atoms with Gasteiger partial charge < -0.3 is 18.8 Å². The molecule has 0 amide bonds. The second-order valence-corrected chi connectivity index (χ2v) is 11.9. The first-order valence-corrected chi connectivity index (χ1v) is 13.2. The summed E-state index contributed by atoms with van der Waals surface area (Å²) in [7, 11) is 4.30. The third-order valence-electron chi connectivity index (χ3n) is 4.91. The average molecular weight is 418 g/mol. The van der Waals surface area contributed by atoms with Crippen LogP contribution < -0.4 is 14.4 Å². The third-order valence-corrected chi connectivity index (χ3v) is 6.91. The van der Waals surface area contributed by atoms with Gasteiger partial charge in [0.25, 0.3) is 0 Å². The number of nitrogens with zero attached hydrogens (tertiary/aromatic N) is 1. The van der Waals surface area contributed by atoms with Crippen molar-refractivity contribution in [2.75, 3.05) is 26.2 Å².